The normalized spacial score (nSPS) is 17.9. The van der Waals surface area contributed by atoms with Gasteiger partial charge in [0.15, 0.2) is 0 Å². The van der Waals surface area contributed by atoms with Crippen molar-refractivity contribution in [3.05, 3.63) is 16.0 Å². The zero-order chi connectivity index (χ0) is 13.0. The number of hydrogen-bond donors (Lipinski definition) is 0. The number of carbonyl (C=O) groups is 1. The molecule has 0 aliphatic carbocycles. The fourth-order valence-corrected chi connectivity index (χ4v) is 2.65. The van der Waals surface area contributed by atoms with Crippen LogP contribution in [0.25, 0.3) is 0 Å². The summed E-state index contributed by atoms with van der Waals surface area (Å²) >= 11 is 2.28. The smallest absolute Gasteiger partial charge is 0.302 e. The number of nitrogens with zero attached hydrogens (tertiary/aromatic N) is 3. The van der Waals surface area contributed by atoms with Gasteiger partial charge in [0, 0.05) is 32.8 Å². The molecule has 100 valence electrons. The number of esters is 1. The topological polar surface area (TPSA) is 47.4 Å². The van der Waals surface area contributed by atoms with Gasteiger partial charge in [-0.1, -0.05) is 0 Å². The van der Waals surface area contributed by atoms with Gasteiger partial charge in [-0.15, -0.1) is 0 Å². The van der Waals surface area contributed by atoms with Gasteiger partial charge >= 0.3 is 5.97 Å². The maximum Gasteiger partial charge on any atom is 0.302 e. The van der Waals surface area contributed by atoms with Crippen molar-refractivity contribution in [2.75, 3.05) is 26.2 Å². The molecule has 1 fully saturated rings. The van der Waals surface area contributed by atoms with Crippen molar-refractivity contribution in [2.24, 2.45) is 0 Å². The monoisotopic (exact) mass is 363 g/mol. The molecular formula is C12H18IN3O2. The van der Waals surface area contributed by atoms with Crippen LogP contribution in [-0.2, 0) is 9.53 Å². The van der Waals surface area contributed by atoms with E-state index in [1.54, 1.807) is 0 Å². The number of piperidine rings is 1. The highest BCUT2D eigenvalue weighted by atomic mass is 127. The van der Waals surface area contributed by atoms with E-state index < -0.39 is 0 Å². The van der Waals surface area contributed by atoms with E-state index in [9.17, 15) is 4.79 Å². The predicted octanol–water partition coefficient (Wildman–Crippen LogP) is 1.69. The summed E-state index contributed by atoms with van der Waals surface area (Å²) in [6.07, 6.45) is 6.21. The van der Waals surface area contributed by atoms with Crippen LogP contribution in [0.2, 0.25) is 0 Å². The molecule has 0 radical (unpaired) electrons. The molecule has 0 unspecified atom stereocenters. The Morgan fingerprint density at radius 1 is 1.56 bits per heavy atom. The molecule has 0 spiro atoms. The van der Waals surface area contributed by atoms with Crippen molar-refractivity contribution < 1.29 is 9.53 Å². The van der Waals surface area contributed by atoms with Crippen LogP contribution in [0, 0.1) is 3.57 Å². The lowest BCUT2D eigenvalue weighted by molar-refractivity contribution is -0.141. The summed E-state index contributed by atoms with van der Waals surface area (Å²) in [6.45, 7) is 4.87. The van der Waals surface area contributed by atoms with Crippen LogP contribution in [0.3, 0.4) is 0 Å². The van der Waals surface area contributed by atoms with Crippen LogP contribution in [0.5, 0.6) is 0 Å². The molecule has 0 saturated carbocycles. The van der Waals surface area contributed by atoms with Crippen molar-refractivity contribution in [1.82, 2.24) is 14.7 Å². The Bertz CT molecular complexity index is 400. The predicted molar refractivity (Wildman–Crippen MR) is 76.3 cm³/mol. The van der Waals surface area contributed by atoms with Gasteiger partial charge in [0.25, 0.3) is 0 Å². The van der Waals surface area contributed by atoms with E-state index in [4.69, 9.17) is 4.74 Å². The standard InChI is InChI=1S/C12H18IN3O2/c1-10(17)18-7-6-15-4-2-12(3-5-15)16-9-11(13)8-14-16/h8-9,12H,2-7H2,1H3. The number of aromatic nitrogens is 2. The van der Waals surface area contributed by atoms with Crippen molar-refractivity contribution in [3.63, 3.8) is 0 Å². The minimum Gasteiger partial charge on any atom is -0.465 e. The van der Waals surface area contributed by atoms with Crippen molar-refractivity contribution >= 4 is 28.6 Å². The lowest BCUT2D eigenvalue weighted by Gasteiger charge is -2.31. The first-order valence-corrected chi connectivity index (χ1v) is 7.28. The third-order valence-corrected chi connectivity index (χ3v) is 3.77. The van der Waals surface area contributed by atoms with Crippen LogP contribution in [0.4, 0.5) is 0 Å². The molecule has 2 heterocycles. The second kappa shape index (κ2) is 6.51. The van der Waals surface area contributed by atoms with Crippen molar-refractivity contribution in [3.8, 4) is 0 Å². The molecule has 0 atom stereocenters. The average molecular weight is 363 g/mol. The third kappa shape index (κ3) is 3.94. The summed E-state index contributed by atoms with van der Waals surface area (Å²) in [4.78, 5) is 13.0. The van der Waals surface area contributed by atoms with Crippen LogP contribution in [-0.4, -0.2) is 46.9 Å². The molecule has 6 heteroatoms. The molecule has 5 nitrogen and oxygen atoms in total. The van der Waals surface area contributed by atoms with Gasteiger partial charge in [0.2, 0.25) is 0 Å². The molecule has 0 bridgehead atoms. The minimum atomic E-state index is -0.198. The number of carbonyl (C=O) groups excluding carboxylic acids is 1. The third-order valence-electron chi connectivity index (χ3n) is 3.21. The zero-order valence-electron chi connectivity index (χ0n) is 10.5. The van der Waals surface area contributed by atoms with E-state index in [0.717, 1.165) is 32.5 Å². The molecule has 1 saturated heterocycles. The van der Waals surface area contributed by atoms with Crippen LogP contribution in [0.1, 0.15) is 25.8 Å². The molecule has 0 N–H and O–H groups in total. The van der Waals surface area contributed by atoms with E-state index in [2.05, 4.69) is 43.5 Å². The van der Waals surface area contributed by atoms with Crippen molar-refractivity contribution in [1.29, 1.82) is 0 Å². The van der Waals surface area contributed by atoms with E-state index in [1.807, 2.05) is 6.20 Å². The minimum absolute atomic E-state index is 0.198. The van der Waals surface area contributed by atoms with E-state index in [1.165, 1.54) is 10.5 Å². The van der Waals surface area contributed by atoms with Crippen LogP contribution >= 0.6 is 22.6 Å². The van der Waals surface area contributed by atoms with Crippen molar-refractivity contribution in [2.45, 2.75) is 25.8 Å². The molecule has 18 heavy (non-hydrogen) atoms. The second-order valence-electron chi connectivity index (χ2n) is 4.55. The largest absolute Gasteiger partial charge is 0.465 e. The summed E-state index contributed by atoms with van der Waals surface area (Å²) in [5.41, 5.74) is 0. The molecule has 1 aromatic heterocycles. The molecule has 0 aromatic carbocycles. The molecule has 2 rings (SSSR count). The highest BCUT2D eigenvalue weighted by molar-refractivity contribution is 14.1. The van der Waals surface area contributed by atoms with Gasteiger partial charge in [0.1, 0.15) is 6.61 Å². The quantitative estimate of drug-likeness (QED) is 0.604. The highest BCUT2D eigenvalue weighted by Gasteiger charge is 2.20. The molecule has 1 aliphatic heterocycles. The summed E-state index contributed by atoms with van der Waals surface area (Å²) in [6, 6.07) is 0.512. The van der Waals surface area contributed by atoms with E-state index >= 15 is 0 Å². The average Bonchev–Trinajstić information content (AvgIpc) is 2.76. The Morgan fingerprint density at radius 2 is 2.28 bits per heavy atom. The van der Waals surface area contributed by atoms with E-state index in [0.29, 0.717) is 12.6 Å². The van der Waals surface area contributed by atoms with E-state index in [-0.39, 0.29) is 5.97 Å². The second-order valence-corrected chi connectivity index (χ2v) is 5.80. The Kier molecular flexibility index (Phi) is 4.99. The summed E-state index contributed by atoms with van der Waals surface area (Å²) in [5, 5.41) is 4.37. The molecule has 1 aromatic rings. The fraction of sp³-hybridized carbons (Fsp3) is 0.667. The van der Waals surface area contributed by atoms with Gasteiger partial charge in [-0.05, 0) is 35.4 Å². The molecule has 1 aliphatic rings. The van der Waals surface area contributed by atoms with Crippen LogP contribution in [0.15, 0.2) is 12.4 Å². The first-order chi connectivity index (χ1) is 8.65. The Labute approximate surface area is 121 Å². The number of hydrogen-bond acceptors (Lipinski definition) is 4. The zero-order valence-corrected chi connectivity index (χ0v) is 12.7. The van der Waals surface area contributed by atoms with Gasteiger partial charge < -0.3 is 4.74 Å². The Morgan fingerprint density at radius 3 is 2.83 bits per heavy atom. The number of halogens is 1. The first kappa shape index (κ1) is 13.8. The van der Waals surface area contributed by atoms with Gasteiger partial charge in [-0.2, -0.15) is 5.10 Å². The lowest BCUT2D eigenvalue weighted by atomic mass is 10.1. The highest BCUT2D eigenvalue weighted by Crippen LogP contribution is 2.22. The van der Waals surface area contributed by atoms with Gasteiger partial charge in [-0.3, -0.25) is 14.4 Å². The van der Waals surface area contributed by atoms with Gasteiger partial charge in [0.05, 0.1) is 15.8 Å². The summed E-state index contributed by atoms with van der Waals surface area (Å²) in [7, 11) is 0. The number of rotatable bonds is 4. The lowest BCUT2D eigenvalue weighted by Crippen LogP contribution is -2.37. The Balaban J connectivity index is 1.73. The number of likely N-dealkylation sites (tertiary alicyclic amines) is 1. The Hall–Kier alpha value is -0.630. The van der Waals surface area contributed by atoms with Gasteiger partial charge in [-0.25, -0.2) is 0 Å². The maximum atomic E-state index is 10.7. The van der Waals surface area contributed by atoms with Crippen LogP contribution < -0.4 is 0 Å². The molecular weight excluding hydrogens is 345 g/mol. The fourth-order valence-electron chi connectivity index (χ4n) is 2.24. The molecule has 0 amide bonds. The number of ether oxygens (including phenoxy) is 1. The maximum absolute atomic E-state index is 10.7. The summed E-state index contributed by atoms with van der Waals surface area (Å²) < 4.78 is 8.22. The summed E-state index contributed by atoms with van der Waals surface area (Å²) in [5.74, 6) is -0.198. The SMILES string of the molecule is CC(=O)OCCN1CCC(n2cc(I)cn2)CC1. The first-order valence-electron chi connectivity index (χ1n) is 6.20.